The Morgan fingerprint density at radius 2 is 1.63 bits per heavy atom. The Morgan fingerprint density at radius 3 is 2.33 bits per heavy atom. The smallest absolute Gasteiger partial charge is 0.227 e. The van der Waals surface area contributed by atoms with Gasteiger partial charge in [-0.25, -0.2) is 8.78 Å². The first-order valence-corrected chi connectivity index (χ1v) is 9.91. The van der Waals surface area contributed by atoms with Crippen molar-refractivity contribution < 1.29 is 18.3 Å². The van der Waals surface area contributed by atoms with Gasteiger partial charge in [0.2, 0.25) is 5.91 Å². The molecule has 1 aromatic heterocycles. The second kappa shape index (κ2) is 9.13. The van der Waals surface area contributed by atoms with Crippen molar-refractivity contribution in [2.45, 2.75) is 18.9 Å². The number of benzene rings is 2. The number of halogens is 2. The summed E-state index contributed by atoms with van der Waals surface area (Å²) in [6.07, 6.45) is 0.517. The second-order valence-electron chi connectivity index (χ2n) is 7.36. The number of amides is 1. The first-order chi connectivity index (χ1) is 14.6. The Kier molecular flexibility index (Phi) is 6.14. The zero-order chi connectivity index (χ0) is 20.9. The van der Waals surface area contributed by atoms with E-state index in [1.54, 1.807) is 29.2 Å². The third kappa shape index (κ3) is 5.07. The second-order valence-corrected chi connectivity index (χ2v) is 7.36. The summed E-state index contributed by atoms with van der Waals surface area (Å²) in [5.41, 5.74) is 3.39. The highest BCUT2D eigenvalue weighted by Gasteiger charge is 2.26. The summed E-state index contributed by atoms with van der Waals surface area (Å²) < 4.78 is 32.1. The van der Waals surface area contributed by atoms with E-state index in [1.165, 1.54) is 24.3 Å². The van der Waals surface area contributed by atoms with E-state index in [-0.39, 0.29) is 30.1 Å². The molecule has 1 unspecified atom stereocenters. The van der Waals surface area contributed by atoms with Crippen molar-refractivity contribution in [3.63, 3.8) is 0 Å². The van der Waals surface area contributed by atoms with Crippen molar-refractivity contribution in [2.75, 3.05) is 19.7 Å². The molecule has 30 heavy (non-hydrogen) atoms. The lowest BCUT2D eigenvalue weighted by molar-refractivity contribution is -0.138. The highest BCUT2D eigenvalue weighted by Crippen LogP contribution is 2.22. The normalized spacial score (nSPS) is 16.5. The summed E-state index contributed by atoms with van der Waals surface area (Å²) >= 11 is 0. The Balaban J connectivity index is 1.42. The van der Waals surface area contributed by atoms with Crippen molar-refractivity contribution in [1.82, 2.24) is 9.88 Å². The monoisotopic (exact) mass is 408 g/mol. The standard InChI is InChI=1S/C24H22F2N2O2/c25-19-8-4-17(5-9-19)14-21-2-1-3-22(27-21)23-16-28(12-13-30-23)24(29)15-18-6-10-20(26)11-7-18/h1-11,23H,12-16H2. The van der Waals surface area contributed by atoms with Gasteiger partial charge in [0.25, 0.3) is 0 Å². The van der Waals surface area contributed by atoms with Gasteiger partial charge in [-0.3, -0.25) is 9.78 Å². The predicted molar refractivity (Wildman–Crippen MR) is 109 cm³/mol. The Morgan fingerprint density at radius 1 is 0.967 bits per heavy atom. The number of carbonyl (C=O) groups excluding carboxylic acids is 1. The number of ether oxygens (including phenoxy) is 1. The quantitative estimate of drug-likeness (QED) is 0.639. The number of morpholine rings is 1. The molecule has 0 aliphatic carbocycles. The Hall–Kier alpha value is -3.12. The van der Waals surface area contributed by atoms with Crippen molar-refractivity contribution in [3.8, 4) is 0 Å². The van der Waals surface area contributed by atoms with Crippen molar-refractivity contribution in [3.05, 3.63) is 101 Å². The number of rotatable bonds is 5. The van der Waals surface area contributed by atoms with Gasteiger partial charge in [0, 0.05) is 18.7 Å². The summed E-state index contributed by atoms with van der Waals surface area (Å²) in [6.45, 7) is 1.38. The van der Waals surface area contributed by atoms with Crippen molar-refractivity contribution in [1.29, 1.82) is 0 Å². The van der Waals surface area contributed by atoms with Crippen LogP contribution in [0.25, 0.3) is 0 Å². The minimum atomic E-state index is -0.316. The molecule has 1 fully saturated rings. The molecule has 1 amide bonds. The average Bonchev–Trinajstić information content (AvgIpc) is 2.77. The van der Waals surface area contributed by atoms with Gasteiger partial charge in [-0.1, -0.05) is 30.3 Å². The summed E-state index contributed by atoms with van der Waals surface area (Å²) in [5.74, 6) is -0.594. The van der Waals surface area contributed by atoms with E-state index >= 15 is 0 Å². The van der Waals surface area contributed by atoms with Crippen LogP contribution in [-0.4, -0.2) is 35.5 Å². The zero-order valence-electron chi connectivity index (χ0n) is 16.4. The van der Waals surface area contributed by atoms with Crippen LogP contribution in [0, 0.1) is 11.6 Å². The summed E-state index contributed by atoms with van der Waals surface area (Å²) in [7, 11) is 0. The molecule has 0 N–H and O–H groups in total. The molecule has 0 spiro atoms. The molecule has 1 aliphatic heterocycles. The fourth-order valence-corrected chi connectivity index (χ4v) is 3.53. The molecular formula is C24H22F2N2O2. The van der Waals surface area contributed by atoms with Gasteiger partial charge >= 0.3 is 0 Å². The minimum absolute atomic E-state index is 0.0163. The van der Waals surface area contributed by atoms with Gasteiger partial charge < -0.3 is 9.64 Å². The van der Waals surface area contributed by atoms with Crippen LogP contribution in [0.15, 0.2) is 66.7 Å². The first-order valence-electron chi connectivity index (χ1n) is 9.91. The fourth-order valence-electron chi connectivity index (χ4n) is 3.53. The summed E-state index contributed by atoms with van der Waals surface area (Å²) in [6, 6.07) is 18.1. The van der Waals surface area contributed by atoms with Gasteiger partial charge in [0.15, 0.2) is 0 Å². The van der Waals surface area contributed by atoms with Crippen LogP contribution in [0.1, 0.15) is 28.6 Å². The van der Waals surface area contributed by atoms with Crippen LogP contribution in [0.2, 0.25) is 0 Å². The molecule has 1 atom stereocenters. The molecule has 6 heteroatoms. The molecule has 1 aliphatic rings. The maximum atomic E-state index is 13.1. The van der Waals surface area contributed by atoms with E-state index in [4.69, 9.17) is 9.72 Å². The molecule has 3 aromatic rings. The number of hydrogen-bond donors (Lipinski definition) is 0. The zero-order valence-corrected chi connectivity index (χ0v) is 16.4. The number of hydrogen-bond acceptors (Lipinski definition) is 3. The highest BCUT2D eigenvalue weighted by molar-refractivity contribution is 5.78. The van der Waals surface area contributed by atoms with Crippen LogP contribution in [0.4, 0.5) is 8.78 Å². The van der Waals surface area contributed by atoms with Gasteiger partial charge in [-0.2, -0.15) is 0 Å². The molecule has 4 nitrogen and oxygen atoms in total. The Bertz CT molecular complexity index is 1010. The summed E-state index contributed by atoms with van der Waals surface area (Å²) in [5, 5.41) is 0. The summed E-state index contributed by atoms with van der Waals surface area (Å²) in [4.78, 5) is 19.2. The average molecular weight is 408 g/mol. The maximum Gasteiger partial charge on any atom is 0.227 e. The largest absolute Gasteiger partial charge is 0.368 e. The van der Waals surface area contributed by atoms with Gasteiger partial charge in [-0.05, 0) is 47.5 Å². The Labute approximate surface area is 174 Å². The van der Waals surface area contributed by atoms with Crippen LogP contribution in [0.3, 0.4) is 0 Å². The third-order valence-electron chi connectivity index (χ3n) is 5.14. The van der Waals surface area contributed by atoms with E-state index in [0.717, 1.165) is 22.5 Å². The van der Waals surface area contributed by atoms with E-state index in [2.05, 4.69) is 0 Å². The topological polar surface area (TPSA) is 42.4 Å². The fraction of sp³-hybridized carbons (Fsp3) is 0.250. The third-order valence-corrected chi connectivity index (χ3v) is 5.14. The minimum Gasteiger partial charge on any atom is -0.368 e. The predicted octanol–water partition coefficient (Wildman–Crippen LogP) is 4.09. The van der Waals surface area contributed by atoms with Crippen molar-refractivity contribution >= 4 is 5.91 Å². The van der Waals surface area contributed by atoms with Crippen LogP contribution in [-0.2, 0) is 22.4 Å². The van der Waals surface area contributed by atoms with Crippen molar-refractivity contribution in [2.24, 2.45) is 0 Å². The SMILES string of the molecule is O=C(Cc1ccc(F)cc1)N1CCOC(c2cccc(Cc3ccc(F)cc3)n2)C1. The molecular weight excluding hydrogens is 386 g/mol. The molecule has 4 rings (SSSR count). The van der Waals surface area contributed by atoms with E-state index < -0.39 is 0 Å². The van der Waals surface area contributed by atoms with Crippen LogP contribution < -0.4 is 0 Å². The van der Waals surface area contributed by atoms with Gasteiger partial charge in [-0.15, -0.1) is 0 Å². The van der Waals surface area contributed by atoms with Gasteiger partial charge in [0.05, 0.1) is 25.3 Å². The lowest BCUT2D eigenvalue weighted by Gasteiger charge is -2.33. The first kappa shape index (κ1) is 20.2. The van der Waals surface area contributed by atoms with Crippen LogP contribution >= 0.6 is 0 Å². The van der Waals surface area contributed by atoms with Crippen LogP contribution in [0.5, 0.6) is 0 Å². The number of nitrogens with zero attached hydrogens (tertiary/aromatic N) is 2. The number of pyridine rings is 1. The van der Waals surface area contributed by atoms with E-state index in [0.29, 0.717) is 26.1 Å². The van der Waals surface area contributed by atoms with Gasteiger partial charge in [0.1, 0.15) is 17.7 Å². The molecule has 1 saturated heterocycles. The molecule has 2 heterocycles. The molecule has 0 radical (unpaired) electrons. The molecule has 0 saturated carbocycles. The number of aromatic nitrogens is 1. The lowest BCUT2D eigenvalue weighted by Crippen LogP contribution is -2.43. The molecule has 2 aromatic carbocycles. The molecule has 154 valence electrons. The number of carbonyl (C=O) groups is 1. The lowest BCUT2D eigenvalue weighted by atomic mass is 10.1. The van der Waals surface area contributed by atoms with E-state index in [1.807, 2.05) is 18.2 Å². The molecule has 0 bridgehead atoms. The van der Waals surface area contributed by atoms with E-state index in [9.17, 15) is 13.6 Å². The maximum absolute atomic E-state index is 13.1. The highest BCUT2D eigenvalue weighted by atomic mass is 19.1.